The Morgan fingerprint density at radius 3 is 2.47 bits per heavy atom. The second-order valence-electron chi connectivity index (χ2n) is 4.95. The highest BCUT2D eigenvalue weighted by molar-refractivity contribution is 6.29. The van der Waals surface area contributed by atoms with Gasteiger partial charge in [0.05, 0.1) is 0 Å². The van der Waals surface area contributed by atoms with Gasteiger partial charge in [-0.15, -0.1) is 0 Å². The second-order valence-corrected chi connectivity index (χ2v) is 5.34. The van der Waals surface area contributed by atoms with Gasteiger partial charge in [0.25, 0.3) is 0 Å². The van der Waals surface area contributed by atoms with Crippen molar-refractivity contribution in [2.45, 2.75) is 33.1 Å². The van der Waals surface area contributed by atoms with Gasteiger partial charge < -0.3 is 9.80 Å². The molecule has 4 nitrogen and oxygen atoms in total. The van der Waals surface area contributed by atoms with Gasteiger partial charge in [-0.3, -0.25) is 0 Å². The molecule has 0 spiro atoms. The molecule has 0 aliphatic heterocycles. The van der Waals surface area contributed by atoms with Crippen LogP contribution in [0.3, 0.4) is 0 Å². The third-order valence-electron chi connectivity index (χ3n) is 2.94. The van der Waals surface area contributed by atoms with Crippen LogP contribution in [0.2, 0.25) is 5.15 Å². The molecule has 0 atom stereocenters. The number of anilines is 1. The van der Waals surface area contributed by atoms with E-state index in [0.29, 0.717) is 5.15 Å². The van der Waals surface area contributed by atoms with Crippen LogP contribution in [0.4, 0.5) is 5.82 Å². The highest BCUT2D eigenvalue weighted by Gasteiger charge is 2.09. The number of rotatable bonds is 8. The molecule has 1 heterocycles. The highest BCUT2D eigenvalue weighted by Crippen LogP contribution is 2.17. The van der Waals surface area contributed by atoms with Crippen LogP contribution in [-0.2, 0) is 6.42 Å². The zero-order valence-corrected chi connectivity index (χ0v) is 13.2. The van der Waals surface area contributed by atoms with E-state index < -0.39 is 0 Å². The molecule has 1 rings (SSSR count). The molecule has 0 radical (unpaired) electrons. The van der Waals surface area contributed by atoms with Crippen molar-refractivity contribution in [2.24, 2.45) is 0 Å². The Morgan fingerprint density at radius 2 is 1.89 bits per heavy atom. The Kier molecular flexibility index (Phi) is 7.10. The third kappa shape index (κ3) is 5.74. The summed E-state index contributed by atoms with van der Waals surface area (Å²) in [5, 5.41) is 0.541. The molecule has 1 aromatic rings. The van der Waals surface area contributed by atoms with Crippen LogP contribution in [-0.4, -0.2) is 48.6 Å². The molecule has 1 aromatic heterocycles. The molecular formula is C14H25ClN4. The minimum absolute atomic E-state index is 0.541. The maximum absolute atomic E-state index is 6.09. The van der Waals surface area contributed by atoms with Crippen LogP contribution in [0.5, 0.6) is 0 Å². The van der Waals surface area contributed by atoms with Crippen LogP contribution >= 0.6 is 11.6 Å². The van der Waals surface area contributed by atoms with Gasteiger partial charge in [0.2, 0.25) is 0 Å². The van der Waals surface area contributed by atoms with Gasteiger partial charge in [0.1, 0.15) is 16.8 Å². The summed E-state index contributed by atoms with van der Waals surface area (Å²) >= 11 is 6.09. The lowest BCUT2D eigenvalue weighted by molar-refractivity contribution is 0.400. The fraction of sp³-hybridized carbons (Fsp3) is 0.714. The number of halogens is 1. The zero-order valence-electron chi connectivity index (χ0n) is 12.5. The average Bonchev–Trinajstić information content (AvgIpc) is 2.34. The van der Waals surface area contributed by atoms with Gasteiger partial charge in [0, 0.05) is 25.6 Å². The van der Waals surface area contributed by atoms with E-state index in [9.17, 15) is 0 Å². The summed E-state index contributed by atoms with van der Waals surface area (Å²) in [6, 6.07) is 1.86. The van der Waals surface area contributed by atoms with E-state index in [1.807, 2.05) is 6.07 Å². The number of aryl methyl sites for hydroxylation is 1. The van der Waals surface area contributed by atoms with Gasteiger partial charge in [-0.05, 0) is 40.4 Å². The molecule has 5 heteroatoms. The van der Waals surface area contributed by atoms with Crippen molar-refractivity contribution in [3.05, 3.63) is 17.0 Å². The lowest BCUT2D eigenvalue weighted by Crippen LogP contribution is -2.28. The number of nitrogens with zero attached hydrogens (tertiary/aromatic N) is 4. The first-order valence-corrected chi connectivity index (χ1v) is 7.37. The fourth-order valence-electron chi connectivity index (χ4n) is 1.96. The maximum atomic E-state index is 6.09. The van der Waals surface area contributed by atoms with E-state index in [4.69, 9.17) is 11.6 Å². The van der Waals surface area contributed by atoms with Crippen molar-refractivity contribution in [1.82, 2.24) is 14.9 Å². The molecule has 0 aromatic carbocycles. The number of hydrogen-bond donors (Lipinski definition) is 0. The summed E-state index contributed by atoms with van der Waals surface area (Å²) in [6.07, 6.45) is 3.03. The first-order valence-electron chi connectivity index (χ1n) is 7.00. The Labute approximate surface area is 121 Å². The Bertz CT molecular complexity index is 382. The minimum Gasteiger partial charge on any atom is -0.357 e. The smallest absolute Gasteiger partial charge is 0.134 e. The topological polar surface area (TPSA) is 32.3 Å². The SMILES string of the molecule is CCCc1nc(Cl)cc(N(CC)CCCN(C)C)n1. The normalized spacial score (nSPS) is 11.1. The number of hydrogen-bond acceptors (Lipinski definition) is 4. The summed E-state index contributed by atoms with van der Waals surface area (Å²) in [5.74, 6) is 1.79. The molecular weight excluding hydrogens is 260 g/mol. The summed E-state index contributed by atoms with van der Waals surface area (Å²) < 4.78 is 0. The van der Waals surface area contributed by atoms with E-state index >= 15 is 0 Å². The minimum atomic E-state index is 0.541. The Morgan fingerprint density at radius 1 is 1.16 bits per heavy atom. The average molecular weight is 285 g/mol. The highest BCUT2D eigenvalue weighted by atomic mass is 35.5. The Balaban J connectivity index is 2.73. The van der Waals surface area contributed by atoms with E-state index in [1.54, 1.807) is 0 Å². The van der Waals surface area contributed by atoms with Crippen LogP contribution < -0.4 is 4.90 Å². The van der Waals surface area contributed by atoms with Crippen LogP contribution in [0.15, 0.2) is 6.07 Å². The van der Waals surface area contributed by atoms with Crippen molar-refractivity contribution < 1.29 is 0 Å². The van der Waals surface area contributed by atoms with Gasteiger partial charge >= 0.3 is 0 Å². The monoisotopic (exact) mass is 284 g/mol. The quantitative estimate of drug-likeness (QED) is 0.687. The van der Waals surface area contributed by atoms with Crippen molar-refractivity contribution in [2.75, 3.05) is 38.6 Å². The van der Waals surface area contributed by atoms with Gasteiger partial charge in [-0.25, -0.2) is 9.97 Å². The maximum Gasteiger partial charge on any atom is 0.134 e. The fourth-order valence-corrected chi connectivity index (χ4v) is 2.16. The third-order valence-corrected chi connectivity index (χ3v) is 3.13. The van der Waals surface area contributed by atoms with Crippen molar-refractivity contribution in [3.63, 3.8) is 0 Å². The lowest BCUT2D eigenvalue weighted by atomic mass is 10.3. The molecule has 108 valence electrons. The lowest BCUT2D eigenvalue weighted by Gasteiger charge is -2.23. The molecule has 0 saturated heterocycles. The molecule has 0 fully saturated rings. The molecule has 0 unspecified atom stereocenters. The summed E-state index contributed by atoms with van der Waals surface area (Å²) in [6.45, 7) is 7.28. The number of aromatic nitrogens is 2. The molecule has 0 aliphatic rings. The van der Waals surface area contributed by atoms with Gasteiger partial charge in [-0.1, -0.05) is 18.5 Å². The van der Waals surface area contributed by atoms with Crippen molar-refractivity contribution >= 4 is 17.4 Å². The van der Waals surface area contributed by atoms with Gasteiger partial charge in [-0.2, -0.15) is 0 Å². The summed E-state index contributed by atoms with van der Waals surface area (Å²) in [5.41, 5.74) is 0. The van der Waals surface area contributed by atoms with Crippen molar-refractivity contribution in [3.8, 4) is 0 Å². The molecule has 0 bridgehead atoms. The molecule has 0 N–H and O–H groups in total. The predicted molar refractivity (Wildman–Crippen MR) is 82.1 cm³/mol. The van der Waals surface area contributed by atoms with E-state index in [-0.39, 0.29) is 0 Å². The molecule has 0 saturated carbocycles. The largest absolute Gasteiger partial charge is 0.357 e. The predicted octanol–water partition coefficient (Wildman–Crippen LogP) is 2.86. The summed E-state index contributed by atoms with van der Waals surface area (Å²) in [7, 11) is 4.19. The van der Waals surface area contributed by atoms with E-state index in [0.717, 1.165) is 50.5 Å². The summed E-state index contributed by atoms with van der Waals surface area (Å²) in [4.78, 5) is 13.3. The molecule has 19 heavy (non-hydrogen) atoms. The first-order chi connectivity index (χ1) is 9.06. The van der Waals surface area contributed by atoms with E-state index in [1.165, 1.54) is 0 Å². The van der Waals surface area contributed by atoms with Crippen LogP contribution in [0.1, 0.15) is 32.5 Å². The molecule has 0 aliphatic carbocycles. The zero-order chi connectivity index (χ0) is 14.3. The van der Waals surface area contributed by atoms with E-state index in [2.05, 4.69) is 47.7 Å². The van der Waals surface area contributed by atoms with Crippen molar-refractivity contribution in [1.29, 1.82) is 0 Å². The Hall–Kier alpha value is -0.870. The second kappa shape index (κ2) is 8.33. The van der Waals surface area contributed by atoms with Gasteiger partial charge in [0.15, 0.2) is 0 Å². The van der Waals surface area contributed by atoms with Crippen LogP contribution in [0.25, 0.3) is 0 Å². The molecule has 0 amide bonds. The first kappa shape index (κ1) is 16.2. The van der Waals surface area contributed by atoms with Crippen LogP contribution in [0, 0.1) is 0 Å². The standard InChI is InChI=1S/C14H25ClN4/c1-5-8-13-16-12(15)11-14(17-13)19(6-2)10-7-9-18(3)4/h11H,5-10H2,1-4H3.